The molecule has 0 radical (unpaired) electrons. The molecule has 1 heterocycles. The van der Waals surface area contributed by atoms with Crippen LogP contribution in [0.5, 0.6) is 5.75 Å². The monoisotopic (exact) mass is 370 g/mol. The van der Waals surface area contributed by atoms with E-state index in [4.69, 9.17) is 4.74 Å². The van der Waals surface area contributed by atoms with Crippen LogP contribution in [0.25, 0.3) is 0 Å². The first-order valence-electron chi connectivity index (χ1n) is 8.68. The molecule has 0 unspecified atom stereocenters. The summed E-state index contributed by atoms with van der Waals surface area (Å²) in [6, 6.07) is 8.10. The zero-order chi connectivity index (χ0) is 17.0. The summed E-state index contributed by atoms with van der Waals surface area (Å²) in [6.45, 7) is 5.02. The molecule has 0 amide bonds. The Bertz CT molecular complexity index is 456. The van der Waals surface area contributed by atoms with Crippen LogP contribution in [-0.4, -0.2) is 72.4 Å². The highest BCUT2D eigenvalue weighted by Crippen LogP contribution is 2.18. The summed E-state index contributed by atoms with van der Waals surface area (Å²) in [5, 5.41) is 13.7. The van der Waals surface area contributed by atoms with Crippen LogP contribution in [0.3, 0.4) is 0 Å². The lowest BCUT2D eigenvalue weighted by Crippen LogP contribution is -2.40. The van der Waals surface area contributed by atoms with Crippen molar-refractivity contribution in [3.63, 3.8) is 0 Å². The second-order valence-corrected chi connectivity index (χ2v) is 8.22. The molecule has 4 nitrogen and oxygen atoms in total. The summed E-state index contributed by atoms with van der Waals surface area (Å²) in [5.41, 5.74) is 1.16. The number of ether oxygens (including phenoxy) is 1. The molecule has 0 saturated carbocycles. The average Bonchev–Trinajstić information content (AvgIpc) is 2.61. The lowest BCUT2D eigenvalue weighted by atomic mass is 10.2. The molecule has 1 fully saturated rings. The number of aliphatic hydroxyl groups is 1. The molecule has 0 aromatic heterocycles. The van der Waals surface area contributed by atoms with Crippen molar-refractivity contribution in [2.45, 2.75) is 19.1 Å². The number of thioether (sulfide) groups is 2. The third kappa shape index (κ3) is 7.66. The van der Waals surface area contributed by atoms with Gasteiger partial charge in [-0.1, -0.05) is 18.2 Å². The first-order valence-corrected chi connectivity index (χ1v) is 11.2. The third-order valence-electron chi connectivity index (χ3n) is 3.99. The standard InChI is InChI=1S/C18H30N2O2S2/c1-23-10-4-7-19-13-16-5-2-3-6-18(16)22-15-17(21)14-20-8-11-24-12-9-20/h2-3,5-6,17,19,21H,4,7-15H2,1H3/t17-/m0/s1. The Morgan fingerprint density at radius 3 is 2.92 bits per heavy atom. The summed E-state index contributed by atoms with van der Waals surface area (Å²) in [5.74, 6) is 4.40. The van der Waals surface area contributed by atoms with Gasteiger partial charge < -0.3 is 15.2 Å². The summed E-state index contributed by atoms with van der Waals surface area (Å²) in [7, 11) is 0. The lowest BCUT2D eigenvalue weighted by molar-refractivity contribution is 0.0711. The van der Waals surface area contributed by atoms with Crippen LogP contribution in [-0.2, 0) is 6.54 Å². The molecule has 24 heavy (non-hydrogen) atoms. The first kappa shape index (κ1) is 19.9. The number of nitrogens with zero attached hydrogens (tertiary/aromatic N) is 1. The summed E-state index contributed by atoms with van der Waals surface area (Å²) in [6.07, 6.45) is 2.88. The minimum atomic E-state index is -0.435. The predicted octanol–water partition coefficient (Wildman–Crippen LogP) is 2.32. The Morgan fingerprint density at radius 2 is 2.12 bits per heavy atom. The molecule has 136 valence electrons. The minimum Gasteiger partial charge on any atom is -0.491 e. The van der Waals surface area contributed by atoms with Crippen LogP contribution in [0, 0.1) is 0 Å². The van der Waals surface area contributed by atoms with Crippen molar-refractivity contribution in [2.24, 2.45) is 0 Å². The highest BCUT2D eigenvalue weighted by molar-refractivity contribution is 7.99. The molecule has 0 bridgehead atoms. The van der Waals surface area contributed by atoms with E-state index in [-0.39, 0.29) is 0 Å². The minimum absolute atomic E-state index is 0.354. The highest BCUT2D eigenvalue weighted by atomic mass is 32.2. The molecular formula is C18H30N2O2S2. The Balaban J connectivity index is 1.72. The summed E-state index contributed by atoms with van der Waals surface area (Å²) >= 11 is 3.87. The normalized spacial score (nSPS) is 16.9. The smallest absolute Gasteiger partial charge is 0.123 e. The molecular weight excluding hydrogens is 340 g/mol. The van der Waals surface area contributed by atoms with Gasteiger partial charge in [0.05, 0.1) is 0 Å². The van der Waals surface area contributed by atoms with Crippen LogP contribution in [0.15, 0.2) is 24.3 Å². The van der Waals surface area contributed by atoms with E-state index < -0.39 is 6.10 Å². The Labute approximate surface area is 154 Å². The second-order valence-electron chi connectivity index (χ2n) is 6.01. The molecule has 1 aliphatic heterocycles. The SMILES string of the molecule is CSCCCNCc1ccccc1OC[C@@H](O)CN1CCSCC1. The van der Waals surface area contributed by atoms with E-state index in [1.807, 2.05) is 41.7 Å². The van der Waals surface area contributed by atoms with Gasteiger partial charge in [0, 0.05) is 43.2 Å². The van der Waals surface area contributed by atoms with Crippen LogP contribution < -0.4 is 10.1 Å². The van der Waals surface area contributed by atoms with Crippen molar-refractivity contribution in [1.82, 2.24) is 10.2 Å². The van der Waals surface area contributed by atoms with Crippen molar-refractivity contribution >= 4 is 23.5 Å². The van der Waals surface area contributed by atoms with E-state index in [0.29, 0.717) is 13.2 Å². The number of para-hydroxylation sites is 1. The number of benzene rings is 1. The maximum Gasteiger partial charge on any atom is 0.123 e. The number of hydrogen-bond donors (Lipinski definition) is 2. The van der Waals surface area contributed by atoms with E-state index in [2.05, 4.69) is 22.5 Å². The van der Waals surface area contributed by atoms with E-state index in [1.54, 1.807) is 0 Å². The largest absolute Gasteiger partial charge is 0.491 e. The molecule has 1 atom stereocenters. The fraction of sp³-hybridized carbons (Fsp3) is 0.667. The molecule has 1 aromatic carbocycles. The maximum absolute atomic E-state index is 10.2. The van der Waals surface area contributed by atoms with Crippen molar-refractivity contribution in [1.29, 1.82) is 0 Å². The molecule has 0 aliphatic carbocycles. The van der Waals surface area contributed by atoms with E-state index in [0.717, 1.165) is 37.5 Å². The van der Waals surface area contributed by atoms with Crippen molar-refractivity contribution < 1.29 is 9.84 Å². The average molecular weight is 371 g/mol. The number of nitrogens with one attached hydrogen (secondary N) is 1. The molecule has 1 aromatic rings. The van der Waals surface area contributed by atoms with Gasteiger partial charge in [0.25, 0.3) is 0 Å². The zero-order valence-corrected chi connectivity index (χ0v) is 16.2. The molecule has 1 aliphatic rings. The molecule has 6 heteroatoms. The maximum atomic E-state index is 10.2. The number of rotatable bonds is 11. The zero-order valence-electron chi connectivity index (χ0n) is 14.6. The van der Waals surface area contributed by atoms with Gasteiger partial charge >= 0.3 is 0 Å². The van der Waals surface area contributed by atoms with Gasteiger partial charge in [0.2, 0.25) is 0 Å². The van der Waals surface area contributed by atoms with E-state index >= 15 is 0 Å². The first-order chi connectivity index (χ1) is 11.8. The Hall–Kier alpha value is -0.400. The number of β-amino-alcohol motifs (C(OH)–C–C–N with tert-alkyl or cyclic N) is 1. The van der Waals surface area contributed by atoms with Gasteiger partial charge in [0.15, 0.2) is 0 Å². The topological polar surface area (TPSA) is 44.7 Å². The Morgan fingerprint density at radius 1 is 1.33 bits per heavy atom. The third-order valence-corrected chi connectivity index (χ3v) is 5.63. The van der Waals surface area contributed by atoms with E-state index in [9.17, 15) is 5.11 Å². The molecule has 1 saturated heterocycles. The van der Waals surface area contributed by atoms with E-state index in [1.165, 1.54) is 23.7 Å². The molecule has 2 N–H and O–H groups in total. The van der Waals surface area contributed by atoms with Gasteiger partial charge in [-0.05, 0) is 31.0 Å². The number of aliphatic hydroxyl groups excluding tert-OH is 1. The fourth-order valence-corrected chi connectivity index (χ4v) is 4.09. The van der Waals surface area contributed by atoms with Crippen LogP contribution >= 0.6 is 23.5 Å². The van der Waals surface area contributed by atoms with Gasteiger partial charge in [0.1, 0.15) is 18.5 Å². The fourth-order valence-electron chi connectivity index (χ4n) is 2.68. The second kappa shape index (κ2) is 12.0. The van der Waals surface area contributed by atoms with Gasteiger partial charge in [-0.2, -0.15) is 23.5 Å². The van der Waals surface area contributed by atoms with Gasteiger partial charge in [-0.25, -0.2) is 0 Å². The van der Waals surface area contributed by atoms with Crippen molar-refractivity contribution in [3.8, 4) is 5.75 Å². The summed E-state index contributed by atoms with van der Waals surface area (Å²) in [4.78, 5) is 2.32. The van der Waals surface area contributed by atoms with Crippen LogP contribution in [0.4, 0.5) is 0 Å². The summed E-state index contributed by atoms with van der Waals surface area (Å²) < 4.78 is 5.89. The highest BCUT2D eigenvalue weighted by Gasteiger charge is 2.15. The van der Waals surface area contributed by atoms with Crippen molar-refractivity contribution in [2.75, 3.05) is 56.3 Å². The quantitative estimate of drug-likeness (QED) is 0.583. The molecule has 2 rings (SSSR count). The predicted molar refractivity (Wildman–Crippen MR) is 106 cm³/mol. The van der Waals surface area contributed by atoms with Crippen LogP contribution in [0.1, 0.15) is 12.0 Å². The molecule has 0 spiro atoms. The van der Waals surface area contributed by atoms with Crippen molar-refractivity contribution in [3.05, 3.63) is 29.8 Å². The van der Waals surface area contributed by atoms with Gasteiger partial charge in [-0.3, -0.25) is 4.90 Å². The Kier molecular flexibility index (Phi) is 9.99. The van der Waals surface area contributed by atoms with Crippen LogP contribution in [0.2, 0.25) is 0 Å². The van der Waals surface area contributed by atoms with Gasteiger partial charge in [-0.15, -0.1) is 0 Å². The lowest BCUT2D eigenvalue weighted by Gasteiger charge is -2.28. The number of hydrogen-bond acceptors (Lipinski definition) is 6.